The van der Waals surface area contributed by atoms with E-state index in [4.69, 9.17) is 14.5 Å². The number of aromatic nitrogens is 1. The van der Waals surface area contributed by atoms with Gasteiger partial charge in [-0.2, -0.15) is 0 Å². The van der Waals surface area contributed by atoms with Gasteiger partial charge in [-0.25, -0.2) is 4.99 Å². The Morgan fingerprint density at radius 1 is 0.978 bits per heavy atom. The standard InChI is InChI=1S/C36H33N3O4S2/c1-21-11-8-13-28(23(21)3)43-20-26-18-25(15-16-29(26)42-5)19-31-35(41)39-33(30-14-9-17-44-30)32(24(4)37-36(39)45-31)34(40)38-27-12-7-6-10-22(27)2/h6-19,33H,20H2,1-5H3,(H,38,40)/b31-19+/t33-/m1/s1. The van der Waals surface area contributed by atoms with Crippen molar-refractivity contribution in [2.45, 2.75) is 40.3 Å². The summed E-state index contributed by atoms with van der Waals surface area (Å²) in [6, 6.07) is 22.7. The minimum atomic E-state index is -0.593. The molecule has 1 atom stereocenters. The van der Waals surface area contributed by atoms with Gasteiger partial charge in [0.15, 0.2) is 4.80 Å². The molecule has 3 heterocycles. The van der Waals surface area contributed by atoms with Gasteiger partial charge in [-0.1, -0.05) is 53.8 Å². The number of aryl methyl sites for hydroxylation is 2. The van der Waals surface area contributed by atoms with E-state index in [9.17, 15) is 9.59 Å². The normalized spacial score (nSPS) is 14.6. The van der Waals surface area contributed by atoms with Crippen LogP contribution in [0.25, 0.3) is 6.08 Å². The monoisotopic (exact) mass is 635 g/mol. The predicted molar refractivity (Wildman–Crippen MR) is 181 cm³/mol. The van der Waals surface area contributed by atoms with Gasteiger partial charge in [-0.15, -0.1) is 11.3 Å². The maximum absolute atomic E-state index is 14.1. The Morgan fingerprint density at radius 2 is 1.78 bits per heavy atom. The average molecular weight is 636 g/mol. The van der Waals surface area contributed by atoms with Crippen LogP contribution in [0.15, 0.2) is 99.2 Å². The van der Waals surface area contributed by atoms with E-state index in [0.717, 1.165) is 44.1 Å². The number of fused-ring (bicyclic) bond motifs is 1. The molecular weight excluding hydrogens is 603 g/mol. The van der Waals surface area contributed by atoms with E-state index in [-0.39, 0.29) is 11.5 Å². The Morgan fingerprint density at radius 3 is 2.53 bits per heavy atom. The lowest BCUT2D eigenvalue weighted by atomic mass is 10.0. The summed E-state index contributed by atoms with van der Waals surface area (Å²) in [5, 5.41) is 5.01. The Kier molecular flexibility index (Phi) is 8.56. The minimum Gasteiger partial charge on any atom is -0.496 e. The lowest BCUT2D eigenvalue weighted by Gasteiger charge is -2.24. The van der Waals surface area contributed by atoms with E-state index < -0.39 is 6.04 Å². The van der Waals surface area contributed by atoms with Gasteiger partial charge in [0.05, 0.1) is 22.9 Å². The maximum Gasteiger partial charge on any atom is 0.271 e. The number of methoxy groups -OCH3 is 1. The fourth-order valence-corrected chi connectivity index (χ4v) is 7.29. The van der Waals surface area contributed by atoms with Crippen LogP contribution in [0.4, 0.5) is 5.69 Å². The fourth-order valence-electron chi connectivity index (χ4n) is 5.42. The van der Waals surface area contributed by atoms with Crippen LogP contribution in [0.1, 0.15) is 45.7 Å². The Labute approximate surface area is 269 Å². The van der Waals surface area contributed by atoms with E-state index in [0.29, 0.717) is 33.0 Å². The number of benzene rings is 3. The van der Waals surface area contributed by atoms with Crippen molar-refractivity contribution in [1.82, 2.24) is 4.57 Å². The Balaban J connectivity index is 1.38. The lowest BCUT2D eigenvalue weighted by molar-refractivity contribution is -0.113. The number of hydrogen-bond donors (Lipinski definition) is 1. The number of carbonyl (C=O) groups is 1. The van der Waals surface area contributed by atoms with Crippen molar-refractivity contribution in [3.63, 3.8) is 0 Å². The van der Waals surface area contributed by atoms with Crippen molar-refractivity contribution in [2.75, 3.05) is 12.4 Å². The Bertz CT molecular complexity index is 2120. The SMILES string of the molecule is COc1ccc(/C=c2/sc3n(c2=O)[C@H](c2cccs2)C(C(=O)Nc2ccccc2C)=C(C)N=3)cc1COc1cccc(C)c1C. The van der Waals surface area contributed by atoms with Gasteiger partial charge in [-0.05, 0) is 91.7 Å². The van der Waals surface area contributed by atoms with Crippen molar-refractivity contribution in [3.8, 4) is 11.5 Å². The number of hydrogen-bond acceptors (Lipinski definition) is 7. The van der Waals surface area contributed by atoms with E-state index in [1.54, 1.807) is 11.7 Å². The molecule has 1 aliphatic heterocycles. The van der Waals surface area contributed by atoms with Crippen LogP contribution in [0, 0.1) is 20.8 Å². The van der Waals surface area contributed by atoms with Crippen LogP contribution in [-0.2, 0) is 11.4 Å². The Hall–Kier alpha value is -4.73. The van der Waals surface area contributed by atoms with Crippen LogP contribution in [-0.4, -0.2) is 17.6 Å². The van der Waals surface area contributed by atoms with Crippen LogP contribution in [0.3, 0.4) is 0 Å². The number of carbonyl (C=O) groups excluding carboxylic acids is 1. The molecule has 5 aromatic rings. The molecule has 1 amide bonds. The first-order valence-corrected chi connectivity index (χ1v) is 16.2. The average Bonchev–Trinajstić information content (AvgIpc) is 3.67. The van der Waals surface area contributed by atoms with Gasteiger partial charge < -0.3 is 14.8 Å². The number of thiazole rings is 1. The number of nitrogens with zero attached hydrogens (tertiary/aromatic N) is 2. The minimum absolute atomic E-state index is 0.199. The third-order valence-electron chi connectivity index (χ3n) is 8.01. The first kappa shape index (κ1) is 30.3. The van der Waals surface area contributed by atoms with Crippen LogP contribution in [0.5, 0.6) is 11.5 Å². The maximum atomic E-state index is 14.1. The van der Waals surface area contributed by atoms with E-state index in [1.807, 2.05) is 99.0 Å². The molecule has 2 aromatic heterocycles. The number of ether oxygens (including phenoxy) is 2. The summed E-state index contributed by atoms with van der Waals surface area (Å²) in [6.45, 7) is 8.19. The number of nitrogens with one attached hydrogen (secondary N) is 1. The number of allylic oxidation sites excluding steroid dienone is 1. The molecule has 45 heavy (non-hydrogen) atoms. The van der Waals surface area contributed by atoms with Crippen molar-refractivity contribution in [1.29, 1.82) is 0 Å². The summed E-state index contributed by atoms with van der Waals surface area (Å²) in [5.41, 5.74) is 6.47. The summed E-state index contributed by atoms with van der Waals surface area (Å²) < 4.78 is 14.0. The smallest absolute Gasteiger partial charge is 0.271 e. The number of rotatable bonds is 8. The molecule has 7 nitrogen and oxygen atoms in total. The topological polar surface area (TPSA) is 81.9 Å². The summed E-state index contributed by atoms with van der Waals surface area (Å²) in [5.74, 6) is 1.25. The van der Waals surface area contributed by atoms with Crippen LogP contribution >= 0.6 is 22.7 Å². The van der Waals surface area contributed by atoms with Crippen molar-refractivity contribution >= 4 is 40.3 Å². The number of thiophene rings is 1. The number of para-hydroxylation sites is 1. The molecule has 1 N–H and O–H groups in total. The number of amides is 1. The highest BCUT2D eigenvalue weighted by molar-refractivity contribution is 7.10. The molecule has 0 saturated carbocycles. The molecule has 0 fully saturated rings. The quantitative estimate of drug-likeness (QED) is 0.213. The van der Waals surface area contributed by atoms with Gasteiger partial charge >= 0.3 is 0 Å². The highest BCUT2D eigenvalue weighted by atomic mass is 32.1. The fraction of sp³-hybridized carbons (Fsp3) is 0.194. The zero-order valence-corrected chi connectivity index (χ0v) is 27.3. The van der Waals surface area contributed by atoms with Gasteiger partial charge in [0, 0.05) is 16.1 Å². The zero-order valence-electron chi connectivity index (χ0n) is 25.7. The highest BCUT2D eigenvalue weighted by Gasteiger charge is 2.33. The molecule has 3 aromatic carbocycles. The second kappa shape index (κ2) is 12.7. The first-order chi connectivity index (χ1) is 21.7. The second-order valence-corrected chi connectivity index (χ2v) is 12.9. The molecule has 228 valence electrons. The largest absolute Gasteiger partial charge is 0.496 e. The zero-order chi connectivity index (χ0) is 31.7. The first-order valence-electron chi connectivity index (χ1n) is 14.5. The molecule has 0 saturated heterocycles. The van der Waals surface area contributed by atoms with E-state index in [2.05, 4.69) is 18.3 Å². The summed E-state index contributed by atoms with van der Waals surface area (Å²) in [6.07, 6.45) is 1.86. The highest BCUT2D eigenvalue weighted by Crippen LogP contribution is 2.33. The third kappa shape index (κ3) is 6.01. The summed E-state index contributed by atoms with van der Waals surface area (Å²) >= 11 is 2.83. The van der Waals surface area contributed by atoms with Crippen molar-refractivity contribution < 1.29 is 14.3 Å². The molecule has 9 heteroatoms. The van der Waals surface area contributed by atoms with Gasteiger partial charge in [-0.3, -0.25) is 14.2 Å². The molecule has 6 rings (SSSR count). The van der Waals surface area contributed by atoms with Crippen molar-refractivity contribution in [3.05, 3.63) is 142 Å². The van der Waals surface area contributed by atoms with E-state index in [1.165, 1.54) is 22.7 Å². The predicted octanol–water partition coefficient (Wildman–Crippen LogP) is 6.45. The van der Waals surface area contributed by atoms with Gasteiger partial charge in [0.2, 0.25) is 0 Å². The van der Waals surface area contributed by atoms with Crippen LogP contribution < -0.4 is 29.7 Å². The lowest BCUT2D eigenvalue weighted by Crippen LogP contribution is -2.40. The molecule has 0 aliphatic carbocycles. The molecule has 0 unspecified atom stereocenters. The third-order valence-corrected chi connectivity index (χ3v) is 9.92. The number of anilines is 1. The molecule has 1 aliphatic rings. The summed E-state index contributed by atoms with van der Waals surface area (Å²) in [4.78, 5) is 34.1. The van der Waals surface area contributed by atoms with Gasteiger partial charge in [0.1, 0.15) is 24.1 Å². The molecular formula is C36H33N3O4S2. The molecule has 0 radical (unpaired) electrons. The van der Waals surface area contributed by atoms with E-state index >= 15 is 0 Å². The molecule has 0 bridgehead atoms. The second-order valence-electron chi connectivity index (χ2n) is 10.9. The summed E-state index contributed by atoms with van der Waals surface area (Å²) in [7, 11) is 1.63. The molecule has 0 spiro atoms. The van der Waals surface area contributed by atoms with Gasteiger partial charge in [0.25, 0.3) is 11.5 Å². The van der Waals surface area contributed by atoms with Crippen molar-refractivity contribution in [2.24, 2.45) is 4.99 Å². The van der Waals surface area contributed by atoms with Crippen LogP contribution in [0.2, 0.25) is 0 Å².